The van der Waals surface area contributed by atoms with Gasteiger partial charge in [0.05, 0.1) is 6.54 Å². The number of carbonyl (C=O) groups excluding carboxylic acids is 1. The predicted octanol–water partition coefficient (Wildman–Crippen LogP) is 6.55. The Morgan fingerprint density at radius 1 is 0.821 bits per heavy atom. The van der Waals surface area contributed by atoms with Crippen molar-refractivity contribution < 1.29 is 13.6 Å². The molecule has 28 heavy (non-hydrogen) atoms. The maximum absolute atomic E-state index is 12.4. The number of hydrogen-bond donors (Lipinski definition) is 1. The van der Waals surface area contributed by atoms with Crippen molar-refractivity contribution >= 4 is 33.4 Å². The second-order valence-electron chi connectivity index (χ2n) is 6.13. The normalized spacial score (nSPS) is 10.8. The highest BCUT2D eigenvalue weighted by Crippen LogP contribution is 2.25. The molecule has 1 amide bonds. The average molecular weight is 457 g/mol. The molecule has 0 aliphatic rings. The summed E-state index contributed by atoms with van der Waals surface area (Å²) in [6.07, 6.45) is 0. The third-order valence-corrected chi connectivity index (χ3v) is 4.95. The van der Waals surface area contributed by atoms with Gasteiger partial charge >= 0.3 is 0 Å². The van der Waals surface area contributed by atoms with Gasteiger partial charge in [0.15, 0.2) is 5.76 Å². The van der Waals surface area contributed by atoms with Crippen LogP contribution >= 0.6 is 27.5 Å². The van der Waals surface area contributed by atoms with E-state index in [2.05, 4.69) is 21.2 Å². The monoisotopic (exact) mass is 455 g/mol. The van der Waals surface area contributed by atoms with Crippen LogP contribution in [0.15, 0.2) is 86.1 Å². The molecule has 1 N–H and O–H groups in total. The van der Waals surface area contributed by atoms with Gasteiger partial charge in [-0.2, -0.15) is 0 Å². The van der Waals surface area contributed by atoms with E-state index >= 15 is 0 Å². The second kappa shape index (κ2) is 8.09. The van der Waals surface area contributed by atoms with Crippen molar-refractivity contribution in [3.63, 3.8) is 0 Å². The molecule has 0 spiro atoms. The van der Waals surface area contributed by atoms with E-state index in [-0.39, 0.29) is 18.2 Å². The van der Waals surface area contributed by atoms with Crippen molar-refractivity contribution in [3.8, 4) is 22.6 Å². The number of nitrogens with one attached hydrogen (secondary N) is 1. The molecule has 2 aromatic carbocycles. The zero-order valence-corrected chi connectivity index (χ0v) is 17.0. The number of halogens is 2. The summed E-state index contributed by atoms with van der Waals surface area (Å²) in [7, 11) is 0. The molecule has 0 aliphatic carbocycles. The van der Waals surface area contributed by atoms with E-state index in [1.54, 1.807) is 24.3 Å². The zero-order valence-electron chi connectivity index (χ0n) is 14.6. The summed E-state index contributed by atoms with van der Waals surface area (Å²) in [4.78, 5) is 12.4. The second-order valence-corrected chi connectivity index (χ2v) is 7.48. The van der Waals surface area contributed by atoms with E-state index in [0.29, 0.717) is 16.5 Å². The molecule has 0 saturated heterocycles. The molecule has 2 heterocycles. The van der Waals surface area contributed by atoms with Crippen molar-refractivity contribution in [1.82, 2.24) is 5.32 Å². The van der Waals surface area contributed by atoms with Gasteiger partial charge in [-0.25, -0.2) is 0 Å². The topological polar surface area (TPSA) is 55.4 Å². The number of furan rings is 2. The average Bonchev–Trinajstić information content (AvgIpc) is 3.37. The van der Waals surface area contributed by atoms with Gasteiger partial charge in [0.1, 0.15) is 17.3 Å². The molecule has 0 fully saturated rings. The standard InChI is InChI=1S/C22H15BrClNO3/c23-16-5-1-14(2-6-16)19-10-9-18(27-19)13-25-22(26)21-12-11-20(28-21)15-3-7-17(24)8-4-15/h1-12H,13H2,(H,25,26). The lowest BCUT2D eigenvalue weighted by atomic mass is 10.2. The van der Waals surface area contributed by atoms with E-state index in [1.807, 2.05) is 48.5 Å². The van der Waals surface area contributed by atoms with Crippen LogP contribution in [0.3, 0.4) is 0 Å². The lowest BCUT2D eigenvalue weighted by Crippen LogP contribution is -2.21. The Morgan fingerprint density at radius 3 is 2.14 bits per heavy atom. The Labute approximate surface area is 175 Å². The highest BCUT2D eigenvalue weighted by molar-refractivity contribution is 9.10. The first kappa shape index (κ1) is 18.6. The summed E-state index contributed by atoms with van der Waals surface area (Å²) in [5, 5.41) is 3.46. The summed E-state index contributed by atoms with van der Waals surface area (Å²) in [5.74, 6) is 1.96. The molecule has 4 aromatic rings. The number of rotatable bonds is 5. The number of amides is 1. The van der Waals surface area contributed by atoms with Crippen molar-refractivity contribution in [1.29, 1.82) is 0 Å². The van der Waals surface area contributed by atoms with Crippen LogP contribution in [0.2, 0.25) is 5.02 Å². The summed E-state index contributed by atoms with van der Waals surface area (Å²) < 4.78 is 12.5. The molecule has 4 rings (SSSR count). The quantitative estimate of drug-likeness (QED) is 0.370. The van der Waals surface area contributed by atoms with Crippen LogP contribution in [0.4, 0.5) is 0 Å². The molecule has 140 valence electrons. The third kappa shape index (κ3) is 4.21. The lowest BCUT2D eigenvalue weighted by molar-refractivity contribution is 0.0921. The van der Waals surface area contributed by atoms with Gasteiger partial charge < -0.3 is 14.2 Å². The Morgan fingerprint density at radius 2 is 1.43 bits per heavy atom. The van der Waals surface area contributed by atoms with Gasteiger partial charge in [-0.15, -0.1) is 0 Å². The molecule has 0 saturated carbocycles. The van der Waals surface area contributed by atoms with Crippen molar-refractivity contribution in [2.24, 2.45) is 0 Å². The summed E-state index contributed by atoms with van der Waals surface area (Å²) >= 11 is 9.31. The first-order chi connectivity index (χ1) is 13.6. The van der Waals surface area contributed by atoms with Crippen LogP contribution in [0.1, 0.15) is 16.3 Å². The predicted molar refractivity (Wildman–Crippen MR) is 112 cm³/mol. The molecule has 4 nitrogen and oxygen atoms in total. The summed E-state index contributed by atoms with van der Waals surface area (Å²) in [5.41, 5.74) is 1.83. The fourth-order valence-corrected chi connectivity index (χ4v) is 3.12. The van der Waals surface area contributed by atoms with E-state index in [4.69, 9.17) is 20.4 Å². The molecule has 0 atom stereocenters. The minimum atomic E-state index is -0.304. The van der Waals surface area contributed by atoms with Crippen molar-refractivity contribution in [2.75, 3.05) is 0 Å². The highest BCUT2D eigenvalue weighted by atomic mass is 79.9. The number of carbonyl (C=O) groups is 1. The Kier molecular flexibility index (Phi) is 5.37. The maximum atomic E-state index is 12.4. The van der Waals surface area contributed by atoms with E-state index in [1.165, 1.54) is 0 Å². The maximum Gasteiger partial charge on any atom is 0.287 e. The number of benzene rings is 2. The fourth-order valence-electron chi connectivity index (χ4n) is 2.73. The largest absolute Gasteiger partial charge is 0.459 e. The van der Waals surface area contributed by atoms with E-state index in [9.17, 15) is 4.79 Å². The summed E-state index contributed by atoms with van der Waals surface area (Å²) in [6.45, 7) is 0.270. The van der Waals surface area contributed by atoms with Crippen LogP contribution in [0.5, 0.6) is 0 Å². The minimum absolute atomic E-state index is 0.240. The van der Waals surface area contributed by atoms with Gasteiger partial charge in [-0.1, -0.05) is 39.7 Å². The molecule has 0 bridgehead atoms. The van der Waals surface area contributed by atoms with Crippen LogP contribution in [-0.2, 0) is 6.54 Å². The van der Waals surface area contributed by atoms with Crippen molar-refractivity contribution in [3.05, 3.63) is 93.8 Å². The Bertz CT molecular complexity index is 1100. The van der Waals surface area contributed by atoms with Crippen LogP contribution in [-0.4, -0.2) is 5.91 Å². The highest BCUT2D eigenvalue weighted by Gasteiger charge is 2.13. The first-order valence-electron chi connectivity index (χ1n) is 8.57. The SMILES string of the molecule is O=C(NCc1ccc(-c2ccc(Br)cc2)o1)c1ccc(-c2ccc(Cl)cc2)o1. The van der Waals surface area contributed by atoms with E-state index < -0.39 is 0 Å². The van der Waals surface area contributed by atoms with Crippen molar-refractivity contribution in [2.45, 2.75) is 6.54 Å². The smallest absolute Gasteiger partial charge is 0.287 e. The molecule has 2 aromatic heterocycles. The zero-order chi connectivity index (χ0) is 19.5. The lowest BCUT2D eigenvalue weighted by Gasteiger charge is -2.02. The van der Waals surface area contributed by atoms with Crippen LogP contribution < -0.4 is 5.32 Å². The molecule has 6 heteroatoms. The van der Waals surface area contributed by atoms with E-state index in [0.717, 1.165) is 21.4 Å². The van der Waals surface area contributed by atoms with Crippen LogP contribution in [0.25, 0.3) is 22.6 Å². The molecule has 0 radical (unpaired) electrons. The molecule has 0 aliphatic heterocycles. The number of hydrogen-bond acceptors (Lipinski definition) is 3. The summed E-state index contributed by atoms with van der Waals surface area (Å²) in [6, 6.07) is 22.2. The Balaban J connectivity index is 1.40. The first-order valence-corrected chi connectivity index (χ1v) is 9.74. The van der Waals surface area contributed by atoms with Gasteiger partial charge in [0.2, 0.25) is 0 Å². The van der Waals surface area contributed by atoms with Crippen LogP contribution in [0, 0.1) is 0 Å². The third-order valence-electron chi connectivity index (χ3n) is 4.17. The van der Waals surface area contributed by atoms with Gasteiger partial charge in [-0.3, -0.25) is 4.79 Å². The van der Waals surface area contributed by atoms with Gasteiger partial charge in [0.25, 0.3) is 5.91 Å². The molecular weight excluding hydrogens is 442 g/mol. The minimum Gasteiger partial charge on any atom is -0.459 e. The molecule has 0 unspecified atom stereocenters. The van der Waals surface area contributed by atoms with Gasteiger partial charge in [-0.05, 0) is 60.7 Å². The fraction of sp³-hybridized carbons (Fsp3) is 0.0455. The Hall–Kier alpha value is -2.76. The molecular formula is C22H15BrClNO3. The van der Waals surface area contributed by atoms with Gasteiger partial charge in [0, 0.05) is 20.6 Å².